The molecule has 16 heavy (non-hydrogen) atoms. The van der Waals surface area contributed by atoms with Crippen LogP contribution in [0.1, 0.15) is 17.2 Å². The molecule has 2 atom stereocenters. The number of rotatable bonds is 3. The van der Waals surface area contributed by atoms with Crippen molar-refractivity contribution >= 4 is 0 Å². The Balaban J connectivity index is 2.14. The van der Waals surface area contributed by atoms with Gasteiger partial charge in [0.1, 0.15) is 0 Å². The lowest BCUT2D eigenvalue weighted by molar-refractivity contribution is 0.0645. The first kappa shape index (κ1) is 11.6. The van der Waals surface area contributed by atoms with Gasteiger partial charge in [0.05, 0.1) is 19.3 Å². The van der Waals surface area contributed by atoms with E-state index in [1.165, 1.54) is 11.1 Å². The molecule has 1 aliphatic heterocycles. The van der Waals surface area contributed by atoms with Crippen LogP contribution in [0.4, 0.5) is 0 Å². The molecule has 0 saturated carbocycles. The van der Waals surface area contributed by atoms with Crippen LogP contribution < -0.4 is 10.6 Å². The van der Waals surface area contributed by atoms with Gasteiger partial charge in [-0.3, -0.25) is 0 Å². The Morgan fingerprint density at radius 3 is 3.00 bits per heavy atom. The number of morpholine rings is 1. The smallest absolute Gasteiger partial charge is 0.0638 e. The third-order valence-corrected chi connectivity index (χ3v) is 3.06. The highest BCUT2D eigenvalue weighted by atomic mass is 16.5. The normalized spacial score (nSPS) is 23.0. The Hall–Kier alpha value is -0.900. The molecule has 0 amide bonds. The second-order valence-corrected chi connectivity index (χ2v) is 4.32. The highest BCUT2D eigenvalue weighted by molar-refractivity contribution is 5.26. The molecular weight excluding hydrogens is 200 g/mol. The van der Waals surface area contributed by atoms with Crippen LogP contribution in [0.3, 0.4) is 0 Å². The predicted molar refractivity (Wildman–Crippen MR) is 65.6 cm³/mol. The second kappa shape index (κ2) is 5.43. The maximum atomic E-state index is 5.51. The van der Waals surface area contributed by atoms with Gasteiger partial charge in [-0.15, -0.1) is 0 Å². The van der Waals surface area contributed by atoms with Gasteiger partial charge in [-0.05, 0) is 19.5 Å². The Labute approximate surface area is 97.2 Å². The van der Waals surface area contributed by atoms with Crippen LogP contribution in [0.25, 0.3) is 0 Å². The van der Waals surface area contributed by atoms with E-state index < -0.39 is 0 Å². The van der Waals surface area contributed by atoms with Crippen molar-refractivity contribution in [1.29, 1.82) is 0 Å². The van der Waals surface area contributed by atoms with E-state index >= 15 is 0 Å². The fraction of sp³-hybridized carbons (Fsp3) is 0.538. The minimum atomic E-state index is 0.320. The van der Waals surface area contributed by atoms with Crippen LogP contribution in [0, 0.1) is 6.92 Å². The lowest BCUT2D eigenvalue weighted by atomic mass is 9.98. The molecule has 0 aromatic heterocycles. The number of nitrogens with one attached hydrogen (secondary N) is 2. The van der Waals surface area contributed by atoms with Crippen LogP contribution in [0.15, 0.2) is 24.3 Å². The van der Waals surface area contributed by atoms with Gasteiger partial charge < -0.3 is 15.4 Å². The fourth-order valence-corrected chi connectivity index (χ4v) is 2.26. The summed E-state index contributed by atoms with van der Waals surface area (Å²) in [5.74, 6) is 0. The average molecular weight is 220 g/mol. The Kier molecular flexibility index (Phi) is 3.93. The van der Waals surface area contributed by atoms with Gasteiger partial charge >= 0.3 is 0 Å². The minimum Gasteiger partial charge on any atom is -0.378 e. The first-order valence-corrected chi connectivity index (χ1v) is 5.86. The zero-order valence-electron chi connectivity index (χ0n) is 9.99. The monoisotopic (exact) mass is 220 g/mol. The zero-order chi connectivity index (χ0) is 11.4. The topological polar surface area (TPSA) is 33.3 Å². The van der Waals surface area contributed by atoms with E-state index in [0.717, 1.165) is 19.8 Å². The molecule has 3 nitrogen and oxygen atoms in total. The molecule has 0 aliphatic carbocycles. The van der Waals surface area contributed by atoms with Gasteiger partial charge in [0.25, 0.3) is 0 Å². The molecule has 88 valence electrons. The number of likely N-dealkylation sites (N-methyl/N-ethyl adjacent to an activating group) is 1. The lowest BCUT2D eigenvalue weighted by Gasteiger charge is -2.31. The summed E-state index contributed by atoms with van der Waals surface area (Å²) in [6.07, 6.45) is 0. The van der Waals surface area contributed by atoms with Crippen LogP contribution in [0.2, 0.25) is 0 Å². The maximum Gasteiger partial charge on any atom is 0.0638 e. The lowest BCUT2D eigenvalue weighted by Crippen LogP contribution is -2.48. The van der Waals surface area contributed by atoms with Gasteiger partial charge in [-0.2, -0.15) is 0 Å². The number of ether oxygens (including phenoxy) is 1. The molecule has 1 aliphatic rings. The Bertz CT molecular complexity index is 334. The average Bonchev–Trinajstić information content (AvgIpc) is 2.31. The van der Waals surface area contributed by atoms with Crippen molar-refractivity contribution in [3.63, 3.8) is 0 Å². The molecule has 1 fully saturated rings. The molecule has 1 aromatic carbocycles. The summed E-state index contributed by atoms with van der Waals surface area (Å²) in [4.78, 5) is 0. The van der Waals surface area contributed by atoms with E-state index in [0.29, 0.717) is 12.1 Å². The number of benzene rings is 1. The van der Waals surface area contributed by atoms with E-state index in [1.807, 2.05) is 7.05 Å². The second-order valence-electron chi connectivity index (χ2n) is 4.32. The maximum absolute atomic E-state index is 5.51. The molecule has 1 aromatic rings. The summed E-state index contributed by atoms with van der Waals surface area (Å²) in [5, 5.41) is 6.87. The summed E-state index contributed by atoms with van der Waals surface area (Å²) in [7, 11) is 2.00. The minimum absolute atomic E-state index is 0.320. The third kappa shape index (κ3) is 2.61. The van der Waals surface area contributed by atoms with E-state index in [1.54, 1.807) is 0 Å². The van der Waals surface area contributed by atoms with Gasteiger partial charge in [0.15, 0.2) is 0 Å². The van der Waals surface area contributed by atoms with Crippen molar-refractivity contribution < 1.29 is 4.74 Å². The molecule has 1 saturated heterocycles. The van der Waals surface area contributed by atoms with E-state index in [-0.39, 0.29) is 0 Å². The summed E-state index contributed by atoms with van der Waals surface area (Å²) < 4.78 is 5.51. The van der Waals surface area contributed by atoms with E-state index in [9.17, 15) is 0 Å². The molecule has 2 rings (SSSR count). The van der Waals surface area contributed by atoms with E-state index in [4.69, 9.17) is 4.74 Å². The summed E-state index contributed by atoms with van der Waals surface area (Å²) in [5.41, 5.74) is 2.62. The summed E-state index contributed by atoms with van der Waals surface area (Å²) in [6.45, 7) is 4.66. The SMILES string of the molecule is CNC(c1cccc(C)c1)C1COCCN1. The third-order valence-electron chi connectivity index (χ3n) is 3.06. The van der Waals surface area contributed by atoms with Crippen molar-refractivity contribution in [1.82, 2.24) is 10.6 Å². The summed E-state index contributed by atoms with van der Waals surface area (Å²) in [6, 6.07) is 9.32. The fourth-order valence-electron chi connectivity index (χ4n) is 2.26. The Morgan fingerprint density at radius 1 is 1.50 bits per heavy atom. The zero-order valence-corrected chi connectivity index (χ0v) is 9.99. The van der Waals surface area contributed by atoms with E-state index in [2.05, 4.69) is 41.8 Å². The van der Waals surface area contributed by atoms with Gasteiger partial charge in [-0.1, -0.05) is 29.8 Å². The molecule has 0 spiro atoms. The van der Waals surface area contributed by atoms with Gasteiger partial charge in [0, 0.05) is 12.6 Å². The standard InChI is InChI=1S/C13H20N2O/c1-10-4-3-5-11(8-10)13(14-2)12-9-16-7-6-15-12/h3-5,8,12-15H,6-7,9H2,1-2H3. The van der Waals surface area contributed by atoms with Crippen LogP contribution in [-0.4, -0.2) is 32.8 Å². The van der Waals surface area contributed by atoms with Crippen LogP contribution in [-0.2, 0) is 4.74 Å². The molecule has 2 unspecified atom stereocenters. The molecule has 0 radical (unpaired) electrons. The molecule has 0 bridgehead atoms. The van der Waals surface area contributed by atoms with Crippen LogP contribution in [0.5, 0.6) is 0 Å². The number of aryl methyl sites for hydroxylation is 1. The van der Waals surface area contributed by atoms with Crippen molar-refractivity contribution in [2.24, 2.45) is 0 Å². The first-order chi connectivity index (χ1) is 7.81. The largest absolute Gasteiger partial charge is 0.378 e. The van der Waals surface area contributed by atoms with Crippen molar-refractivity contribution in [3.8, 4) is 0 Å². The number of hydrogen-bond donors (Lipinski definition) is 2. The highest BCUT2D eigenvalue weighted by Crippen LogP contribution is 2.19. The Morgan fingerprint density at radius 2 is 2.38 bits per heavy atom. The summed E-state index contributed by atoms with van der Waals surface area (Å²) >= 11 is 0. The quantitative estimate of drug-likeness (QED) is 0.804. The molecule has 1 heterocycles. The molecule has 2 N–H and O–H groups in total. The number of hydrogen-bond acceptors (Lipinski definition) is 3. The van der Waals surface area contributed by atoms with Gasteiger partial charge in [0.2, 0.25) is 0 Å². The predicted octanol–water partition coefficient (Wildman–Crippen LogP) is 1.24. The molecular formula is C13H20N2O. The van der Waals surface area contributed by atoms with Crippen molar-refractivity contribution in [2.75, 3.05) is 26.8 Å². The molecule has 3 heteroatoms. The highest BCUT2D eigenvalue weighted by Gasteiger charge is 2.23. The van der Waals surface area contributed by atoms with Gasteiger partial charge in [-0.25, -0.2) is 0 Å². The van der Waals surface area contributed by atoms with Crippen LogP contribution >= 0.6 is 0 Å². The van der Waals surface area contributed by atoms with Crippen molar-refractivity contribution in [2.45, 2.75) is 19.0 Å². The first-order valence-electron chi connectivity index (χ1n) is 5.86. The van der Waals surface area contributed by atoms with Crippen molar-refractivity contribution in [3.05, 3.63) is 35.4 Å².